The van der Waals surface area contributed by atoms with Gasteiger partial charge in [0.15, 0.2) is 5.82 Å². The smallest absolute Gasteiger partial charge is 0.305 e. The molecule has 1 aliphatic rings. The van der Waals surface area contributed by atoms with Gasteiger partial charge in [0.05, 0.1) is 17.5 Å². The Kier molecular flexibility index (Phi) is 11.1. The van der Waals surface area contributed by atoms with Crippen molar-refractivity contribution in [3.63, 3.8) is 0 Å². The summed E-state index contributed by atoms with van der Waals surface area (Å²) < 4.78 is 45.2. The summed E-state index contributed by atoms with van der Waals surface area (Å²) in [6.07, 6.45) is 0.729. The number of likely N-dealkylation sites (tertiary alicyclic amines) is 1. The predicted octanol–water partition coefficient (Wildman–Crippen LogP) is 6.57. The molecule has 0 aliphatic carbocycles. The van der Waals surface area contributed by atoms with Crippen molar-refractivity contribution >= 4 is 23.5 Å². The van der Waals surface area contributed by atoms with Crippen molar-refractivity contribution < 1.29 is 27.9 Å². The lowest BCUT2D eigenvalue weighted by Gasteiger charge is -2.26. The van der Waals surface area contributed by atoms with Gasteiger partial charge in [0.25, 0.3) is 5.56 Å². The molecule has 3 aromatic rings. The number of carbonyl (C=O) groups is 2. The van der Waals surface area contributed by atoms with E-state index in [-0.39, 0.29) is 29.5 Å². The Bertz CT molecular complexity index is 1610. The number of amides is 1. The SMILES string of the molecule is Cc1cccc(C)c1-c1cc(Cl)c(F)c(C(CC(=O)O)NC(=O)C(CC(C)C)n2cc(CCN3CC[C@@H](F)C3)cc(F)c2=O)c1. The molecule has 1 saturated heterocycles. The molecule has 3 atom stereocenters. The van der Waals surface area contributed by atoms with Crippen molar-refractivity contribution in [2.45, 2.75) is 71.6 Å². The van der Waals surface area contributed by atoms with Crippen molar-refractivity contribution in [3.8, 4) is 11.1 Å². The van der Waals surface area contributed by atoms with Crippen molar-refractivity contribution in [1.29, 1.82) is 0 Å². The number of aromatic nitrogens is 1. The molecule has 1 amide bonds. The molecule has 2 aromatic carbocycles. The zero-order valence-electron chi connectivity index (χ0n) is 25.9. The van der Waals surface area contributed by atoms with E-state index >= 15 is 4.39 Å². The van der Waals surface area contributed by atoms with Crippen LogP contribution in [-0.4, -0.2) is 52.3 Å². The first-order chi connectivity index (χ1) is 21.2. The Hall–Kier alpha value is -3.63. The average molecular weight is 646 g/mol. The second-order valence-electron chi connectivity index (χ2n) is 12.3. The van der Waals surface area contributed by atoms with Gasteiger partial charge in [-0.15, -0.1) is 0 Å². The van der Waals surface area contributed by atoms with Gasteiger partial charge in [-0.2, -0.15) is 0 Å². The van der Waals surface area contributed by atoms with Gasteiger partial charge >= 0.3 is 5.97 Å². The maximum atomic E-state index is 15.6. The number of nitrogens with zero attached hydrogens (tertiary/aromatic N) is 2. The van der Waals surface area contributed by atoms with E-state index in [1.807, 2.05) is 50.8 Å². The molecular formula is C34H39ClF3N3O4. The summed E-state index contributed by atoms with van der Waals surface area (Å²) in [5.74, 6) is -4.10. The molecule has 11 heteroatoms. The summed E-state index contributed by atoms with van der Waals surface area (Å²) in [5, 5.41) is 12.1. The van der Waals surface area contributed by atoms with Crippen molar-refractivity contribution in [3.05, 3.63) is 91.9 Å². The maximum absolute atomic E-state index is 15.6. The molecule has 0 radical (unpaired) electrons. The number of carboxylic acid groups (broad SMARTS) is 1. The number of hydrogen-bond donors (Lipinski definition) is 2. The second-order valence-corrected chi connectivity index (χ2v) is 12.7. The molecule has 1 fully saturated rings. The Morgan fingerprint density at radius 2 is 1.82 bits per heavy atom. The van der Waals surface area contributed by atoms with Crippen LogP contribution in [0.25, 0.3) is 11.1 Å². The summed E-state index contributed by atoms with van der Waals surface area (Å²) in [7, 11) is 0. The summed E-state index contributed by atoms with van der Waals surface area (Å²) in [6.45, 7) is 8.76. The lowest BCUT2D eigenvalue weighted by molar-refractivity contribution is -0.138. The molecule has 0 saturated carbocycles. The van der Waals surface area contributed by atoms with E-state index in [0.717, 1.165) is 27.3 Å². The van der Waals surface area contributed by atoms with Crippen molar-refractivity contribution in [2.24, 2.45) is 5.92 Å². The van der Waals surface area contributed by atoms with E-state index in [0.29, 0.717) is 37.1 Å². The van der Waals surface area contributed by atoms with E-state index in [1.165, 1.54) is 18.3 Å². The molecule has 1 aliphatic heterocycles. The zero-order chi connectivity index (χ0) is 33.0. The normalized spacial score (nSPS) is 16.6. The fourth-order valence-corrected chi connectivity index (χ4v) is 6.25. The van der Waals surface area contributed by atoms with E-state index in [9.17, 15) is 28.3 Å². The van der Waals surface area contributed by atoms with Crippen LogP contribution >= 0.6 is 11.6 Å². The lowest BCUT2D eigenvalue weighted by atomic mass is 9.92. The number of halogens is 4. The highest BCUT2D eigenvalue weighted by Crippen LogP contribution is 2.35. The average Bonchev–Trinajstić information content (AvgIpc) is 3.38. The summed E-state index contributed by atoms with van der Waals surface area (Å²) in [5.41, 5.74) is 2.47. The van der Waals surface area contributed by atoms with E-state index in [2.05, 4.69) is 5.32 Å². The van der Waals surface area contributed by atoms with Crippen molar-refractivity contribution in [2.75, 3.05) is 19.6 Å². The number of alkyl halides is 1. The fraction of sp³-hybridized carbons (Fsp3) is 0.441. The third-order valence-corrected chi connectivity index (χ3v) is 8.49. The third-order valence-electron chi connectivity index (χ3n) is 8.22. The van der Waals surface area contributed by atoms with Crippen LogP contribution in [0.15, 0.2) is 47.4 Å². The quantitative estimate of drug-likeness (QED) is 0.233. The van der Waals surface area contributed by atoms with Gasteiger partial charge in [-0.05, 0) is 85.0 Å². The number of carboxylic acids is 1. The van der Waals surface area contributed by atoms with E-state index < -0.39 is 53.7 Å². The van der Waals surface area contributed by atoms with Gasteiger partial charge in [-0.25, -0.2) is 13.2 Å². The van der Waals surface area contributed by atoms with Crippen LogP contribution in [0.1, 0.15) is 67.4 Å². The Morgan fingerprint density at radius 3 is 2.42 bits per heavy atom. The van der Waals surface area contributed by atoms with Crippen molar-refractivity contribution in [1.82, 2.24) is 14.8 Å². The van der Waals surface area contributed by atoms with Crippen LogP contribution in [0.2, 0.25) is 5.02 Å². The number of aliphatic carboxylic acids is 1. The minimum Gasteiger partial charge on any atom is -0.481 e. The molecule has 2 heterocycles. The van der Waals surface area contributed by atoms with Crippen LogP contribution < -0.4 is 10.9 Å². The molecule has 2 N–H and O–H groups in total. The summed E-state index contributed by atoms with van der Waals surface area (Å²) in [6, 6.07) is 7.16. The molecule has 2 unspecified atom stereocenters. The maximum Gasteiger partial charge on any atom is 0.305 e. The van der Waals surface area contributed by atoms with Gasteiger partial charge in [0, 0.05) is 31.4 Å². The highest BCUT2D eigenvalue weighted by molar-refractivity contribution is 6.31. The van der Waals surface area contributed by atoms with Crippen LogP contribution in [0.3, 0.4) is 0 Å². The molecule has 0 bridgehead atoms. The van der Waals surface area contributed by atoms with E-state index in [4.69, 9.17) is 11.6 Å². The predicted molar refractivity (Wildman–Crippen MR) is 168 cm³/mol. The molecular weight excluding hydrogens is 607 g/mol. The van der Waals surface area contributed by atoms with Crippen LogP contribution in [0, 0.1) is 31.4 Å². The van der Waals surface area contributed by atoms with Crippen LogP contribution in [0.5, 0.6) is 0 Å². The Balaban J connectivity index is 1.71. The first-order valence-electron chi connectivity index (χ1n) is 15.1. The van der Waals surface area contributed by atoms with Gasteiger partial charge < -0.3 is 19.9 Å². The topological polar surface area (TPSA) is 91.6 Å². The second kappa shape index (κ2) is 14.6. The summed E-state index contributed by atoms with van der Waals surface area (Å²) in [4.78, 5) is 40.8. The largest absolute Gasteiger partial charge is 0.481 e. The van der Waals surface area contributed by atoms with Gasteiger partial charge in [0.1, 0.15) is 18.0 Å². The van der Waals surface area contributed by atoms with Gasteiger partial charge in [0.2, 0.25) is 5.91 Å². The number of benzene rings is 2. The van der Waals surface area contributed by atoms with E-state index in [1.54, 1.807) is 0 Å². The Labute approximate surface area is 266 Å². The number of hydrogen-bond acceptors (Lipinski definition) is 4. The fourth-order valence-electron chi connectivity index (χ4n) is 6.02. The first-order valence-corrected chi connectivity index (χ1v) is 15.5. The Morgan fingerprint density at radius 1 is 1.13 bits per heavy atom. The lowest BCUT2D eigenvalue weighted by Crippen LogP contribution is -2.41. The molecule has 242 valence electrons. The van der Waals surface area contributed by atoms with Gasteiger partial charge in [-0.1, -0.05) is 43.6 Å². The minimum absolute atomic E-state index is 0.121. The number of aryl methyl sites for hydroxylation is 2. The molecule has 45 heavy (non-hydrogen) atoms. The number of nitrogens with one attached hydrogen (secondary N) is 1. The monoisotopic (exact) mass is 645 g/mol. The first kappa shape index (κ1) is 34.2. The molecule has 1 aromatic heterocycles. The number of rotatable bonds is 12. The number of pyridine rings is 1. The van der Waals surface area contributed by atoms with Gasteiger partial charge in [-0.3, -0.25) is 14.4 Å². The third kappa shape index (κ3) is 8.35. The molecule has 0 spiro atoms. The van der Waals surface area contributed by atoms with Crippen LogP contribution in [-0.2, 0) is 16.0 Å². The van der Waals surface area contributed by atoms with Crippen LogP contribution in [0.4, 0.5) is 13.2 Å². The number of carbonyl (C=O) groups excluding carboxylic acids is 1. The highest BCUT2D eigenvalue weighted by Gasteiger charge is 2.30. The standard InChI is InChI=1S/C34H39ClF3N3O4/c1-19(2)12-29(41-17-22(13-27(37)34(41)45)8-10-40-11-9-24(36)18-40)33(44)39-28(16-30(42)43)25-14-23(15-26(35)32(25)38)31-20(3)6-5-7-21(31)4/h5-7,13-15,17,19,24,28-29H,8-12,16,18H2,1-4H3,(H,39,44)(H,42,43)/t24-,28?,29?/m1/s1. The highest BCUT2D eigenvalue weighted by atomic mass is 35.5. The molecule has 4 rings (SSSR count). The summed E-state index contributed by atoms with van der Waals surface area (Å²) >= 11 is 6.31. The molecule has 7 nitrogen and oxygen atoms in total. The minimum atomic E-state index is -1.35. The zero-order valence-corrected chi connectivity index (χ0v) is 26.6.